The zero-order chi connectivity index (χ0) is 16.0. The minimum absolute atomic E-state index is 0.129. The van der Waals surface area contributed by atoms with E-state index in [0.29, 0.717) is 0 Å². The Morgan fingerprint density at radius 3 is 2.50 bits per heavy atom. The van der Waals surface area contributed by atoms with Gasteiger partial charge in [0.25, 0.3) is 0 Å². The van der Waals surface area contributed by atoms with E-state index in [-0.39, 0.29) is 29.9 Å². The van der Waals surface area contributed by atoms with E-state index in [1.165, 1.54) is 15.7 Å². The fourth-order valence-electron chi connectivity index (χ4n) is 3.90. The van der Waals surface area contributed by atoms with E-state index in [0.717, 1.165) is 25.0 Å². The molecule has 1 spiro atoms. The number of hydrogen-bond donors (Lipinski definition) is 1. The van der Waals surface area contributed by atoms with Crippen LogP contribution in [0.3, 0.4) is 0 Å². The SMILES string of the molecule is [CH3][Sn]([CH3])([CH3])[C]1=C[C@]2(CC[C@H](CO)[C@H]2c2ccc(F)cc2)OC1. The maximum atomic E-state index is 13.3. The van der Waals surface area contributed by atoms with Crippen LogP contribution in [-0.4, -0.2) is 42.3 Å². The van der Waals surface area contributed by atoms with Crippen LogP contribution in [0.5, 0.6) is 0 Å². The predicted octanol–water partition coefficient (Wildman–Crippen LogP) is 3.88. The zero-order valence-electron chi connectivity index (χ0n) is 13.6. The Balaban J connectivity index is 2.00. The van der Waals surface area contributed by atoms with Gasteiger partial charge >= 0.3 is 136 Å². The van der Waals surface area contributed by atoms with Crippen molar-refractivity contribution in [1.29, 1.82) is 0 Å². The number of benzene rings is 1. The van der Waals surface area contributed by atoms with Gasteiger partial charge in [-0.3, -0.25) is 0 Å². The molecular formula is C18H25FO2Sn. The van der Waals surface area contributed by atoms with Gasteiger partial charge in [0.1, 0.15) is 0 Å². The molecule has 1 saturated carbocycles. The first-order chi connectivity index (χ1) is 10.4. The summed E-state index contributed by atoms with van der Waals surface area (Å²) in [5.41, 5.74) is 0.796. The molecule has 0 saturated heterocycles. The summed E-state index contributed by atoms with van der Waals surface area (Å²) in [6, 6.07) is 6.73. The second-order valence-electron chi connectivity index (χ2n) is 7.67. The monoisotopic (exact) mass is 412 g/mol. The van der Waals surface area contributed by atoms with Crippen LogP contribution < -0.4 is 0 Å². The fraction of sp³-hybridized carbons (Fsp3) is 0.556. The molecule has 1 heterocycles. The molecule has 0 radical (unpaired) electrons. The Bertz CT molecular complexity index is 576. The molecule has 1 aliphatic carbocycles. The van der Waals surface area contributed by atoms with Gasteiger partial charge < -0.3 is 0 Å². The van der Waals surface area contributed by atoms with Crippen LogP contribution in [0.4, 0.5) is 4.39 Å². The molecule has 2 aliphatic rings. The number of hydrogen-bond acceptors (Lipinski definition) is 2. The van der Waals surface area contributed by atoms with Crippen molar-refractivity contribution >= 4 is 18.4 Å². The van der Waals surface area contributed by atoms with Gasteiger partial charge in [-0.15, -0.1) is 0 Å². The molecular weight excluding hydrogens is 386 g/mol. The van der Waals surface area contributed by atoms with Crippen LogP contribution in [0.15, 0.2) is 33.9 Å². The van der Waals surface area contributed by atoms with Gasteiger partial charge in [0.15, 0.2) is 0 Å². The van der Waals surface area contributed by atoms with Crippen molar-refractivity contribution in [2.45, 2.75) is 39.2 Å². The molecule has 1 fully saturated rings. The van der Waals surface area contributed by atoms with Crippen molar-refractivity contribution in [2.24, 2.45) is 5.92 Å². The standard InChI is InChI=1S/C15H16FO2.3CH3.Sn/c16-13-4-2-11(3-5-13)14-12(10-17)6-8-15(14)7-1-9-18-15;;;;/h2-5,7,12,14,17H,6,8-10H2;3*1H3;/t12-,14-,15-;;;;/m1..../s1. The first-order valence-electron chi connectivity index (χ1n) is 8.08. The van der Waals surface area contributed by atoms with Gasteiger partial charge in [-0.25, -0.2) is 0 Å². The molecule has 4 heteroatoms. The summed E-state index contributed by atoms with van der Waals surface area (Å²) in [6.07, 6.45) is 4.29. The second-order valence-corrected chi connectivity index (χ2v) is 22.4. The molecule has 1 aromatic rings. The van der Waals surface area contributed by atoms with Crippen molar-refractivity contribution in [3.63, 3.8) is 0 Å². The van der Waals surface area contributed by atoms with Crippen LogP contribution in [-0.2, 0) is 4.74 Å². The third-order valence-electron chi connectivity index (χ3n) is 5.25. The second kappa shape index (κ2) is 5.91. The van der Waals surface area contributed by atoms with Crippen molar-refractivity contribution < 1.29 is 14.2 Å². The van der Waals surface area contributed by atoms with E-state index >= 15 is 0 Å². The van der Waals surface area contributed by atoms with Crippen molar-refractivity contribution in [2.75, 3.05) is 13.2 Å². The molecule has 1 N–H and O–H groups in total. The van der Waals surface area contributed by atoms with Gasteiger partial charge in [-0.1, -0.05) is 0 Å². The minimum atomic E-state index is -2.13. The molecule has 0 unspecified atom stereocenters. The zero-order valence-corrected chi connectivity index (χ0v) is 16.5. The fourth-order valence-corrected chi connectivity index (χ4v) is 7.28. The maximum absolute atomic E-state index is 13.3. The van der Waals surface area contributed by atoms with Gasteiger partial charge in [0.05, 0.1) is 0 Å². The number of aliphatic hydroxyl groups excluding tert-OH is 1. The van der Waals surface area contributed by atoms with Crippen molar-refractivity contribution in [1.82, 2.24) is 0 Å². The summed E-state index contributed by atoms with van der Waals surface area (Å²) in [5, 5.41) is 9.78. The Labute approximate surface area is 136 Å². The molecule has 0 aromatic heterocycles. The van der Waals surface area contributed by atoms with E-state index in [1.54, 1.807) is 0 Å². The van der Waals surface area contributed by atoms with Crippen molar-refractivity contribution in [3.05, 3.63) is 45.3 Å². The molecule has 2 nitrogen and oxygen atoms in total. The summed E-state index contributed by atoms with van der Waals surface area (Å²) in [6.45, 7) is 0.907. The first kappa shape index (κ1) is 16.5. The number of aliphatic hydroxyl groups is 1. The summed E-state index contributed by atoms with van der Waals surface area (Å²) in [7, 11) is 0. The Morgan fingerprint density at radius 2 is 1.95 bits per heavy atom. The van der Waals surface area contributed by atoms with E-state index in [1.807, 2.05) is 12.1 Å². The molecule has 22 heavy (non-hydrogen) atoms. The molecule has 1 aliphatic heterocycles. The van der Waals surface area contributed by atoms with Gasteiger partial charge in [-0.05, 0) is 0 Å². The normalized spacial score (nSPS) is 31.8. The quantitative estimate of drug-likeness (QED) is 0.766. The van der Waals surface area contributed by atoms with Gasteiger partial charge in [0.2, 0.25) is 0 Å². The van der Waals surface area contributed by atoms with E-state index in [2.05, 4.69) is 20.9 Å². The van der Waals surface area contributed by atoms with Gasteiger partial charge in [-0.2, -0.15) is 0 Å². The molecule has 0 amide bonds. The number of ether oxygens (including phenoxy) is 1. The third kappa shape index (κ3) is 2.87. The van der Waals surface area contributed by atoms with Crippen LogP contribution in [0, 0.1) is 11.7 Å². The van der Waals surface area contributed by atoms with Crippen LogP contribution in [0.1, 0.15) is 24.3 Å². The predicted molar refractivity (Wildman–Crippen MR) is 89.1 cm³/mol. The summed E-state index contributed by atoms with van der Waals surface area (Å²) >= 11 is -2.13. The summed E-state index contributed by atoms with van der Waals surface area (Å²) < 4.78 is 21.1. The average molecular weight is 411 g/mol. The summed E-state index contributed by atoms with van der Waals surface area (Å²) in [4.78, 5) is 7.23. The molecule has 0 bridgehead atoms. The Kier molecular flexibility index (Phi) is 4.43. The van der Waals surface area contributed by atoms with Crippen LogP contribution >= 0.6 is 0 Å². The third-order valence-corrected chi connectivity index (χ3v) is 11.6. The van der Waals surface area contributed by atoms with Crippen LogP contribution in [0.2, 0.25) is 14.8 Å². The average Bonchev–Trinajstić information content (AvgIpc) is 3.05. The molecule has 1 aromatic carbocycles. The first-order valence-corrected chi connectivity index (χ1v) is 18.1. The number of halogens is 1. The summed E-state index contributed by atoms with van der Waals surface area (Å²) in [5.74, 6) is 0.103. The molecule has 3 rings (SSSR count). The van der Waals surface area contributed by atoms with Crippen molar-refractivity contribution in [3.8, 4) is 0 Å². The topological polar surface area (TPSA) is 29.5 Å². The van der Waals surface area contributed by atoms with E-state index < -0.39 is 18.4 Å². The molecule has 120 valence electrons. The van der Waals surface area contributed by atoms with Gasteiger partial charge in [0, 0.05) is 0 Å². The van der Waals surface area contributed by atoms with E-state index in [4.69, 9.17) is 4.74 Å². The molecule has 3 atom stereocenters. The van der Waals surface area contributed by atoms with Crippen LogP contribution in [0.25, 0.3) is 0 Å². The Hall–Kier alpha value is -0.391. The Morgan fingerprint density at radius 1 is 1.27 bits per heavy atom. The van der Waals surface area contributed by atoms with E-state index in [9.17, 15) is 9.50 Å². The number of rotatable bonds is 3.